The molecule has 104 valence electrons. The summed E-state index contributed by atoms with van der Waals surface area (Å²) in [6.07, 6.45) is 1.43. The molecule has 0 aromatic heterocycles. The summed E-state index contributed by atoms with van der Waals surface area (Å²) < 4.78 is 0. The van der Waals surface area contributed by atoms with Crippen LogP contribution >= 0.6 is 35.0 Å². The molecular weight excluding hydrogens is 323 g/mol. The van der Waals surface area contributed by atoms with E-state index in [0.717, 1.165) is 4.90 Å². The van der Waals surface area contributed by atoms with Gasteiger partial charge in [0.2, 0.25) is 5.91 Å². The van der Waals surface area contributed by atoms with E-state index in [4.69, 9.17) is 28.9 Å². The highest BCUT2D eigenvalue weighted by Gasteiger charge is 2.36. The van der Waals surface area contributed by atoms with Gasteiger partial charge < -0.3 is 5.73 Å². The third kappa shape index (κ3) is 2.98. The smallest absolute Gasteiger partial charge is 0.294 e. The number of nitrogens with two attached hydrogens (primary N) is 1. The van der Waals surface area contributed by atoms with Gasteiger partial charge in [0.1, 0.15) is 6.54 Å². The summed E-state index contributed by atoms with van der Waals surface area (Å²) in [5.74, 6) is -1.35. The largest absolute Gasteiger partial charge is 0.368 e. The normalized spacial score (nSPS) is 17.1. The number of imide groups is 1. The van der Waals surface area contributed by atoms with E-state index in [-0.39, 0.29) is 4.91 Å². The number of hydrogen-bond donors (Lipinski definition) is 1. The maximum atomic E-state index is 12.0. The summed E-state index contributed by atoms with van der Waals surface area (Å²) >= 11 is 12.7. The highest BCUT2D eigenvalue weighted by atomic mass is 35.5. The number of nitrogens with zero attached hydrogens (tertiary/aromatic N) is 1. The first-order valence-electron chi connectivity index (χ1n) is 5.38. The van der Waals surface area contributed by atoms with E-state index >= 15 is 0 Å². The summed E-state index contributed by atoms with van der Waals surface area (Å²) in [4.78, 5) is 35.4. The number of rotatable bonds is 3. The quantitative estimate of drug-likeness (QED) is 0.863. The van der Waals surface area contributed by atoms with Crippen molar-refractivity contribution in [2.45, 2.75) is 0 Å². The minimum absolute atomic E-state index is 0.145. The molecule has 3 amide bonds. The molecule has 1 aliphatic heterocycles. The molecule has 0 saturated carbocycles. The van der Waals surface area contributed by atoms with Crippen LogP contribution in [0.25, 0.3) is 6.08 Å². The zero-order valence-corrected chi connectivity index (χ0v) is 12.3. The van der Waals surface area contributed by atoms with Crippen molar-refractivity contribution in [3.05, 3.63) is 38.7 Å². The number of carbonyl (C=O) groups excluding carboxylic acids is 3. The standard InChI is InChI=1S/C12H8Cl2N2O3S/c13-7-2-1-3-8(14)6(7)4-9-11(18)16(5-10(15)17)12(19)20-9/h1-4H,5H2,(H2,15,17)/b9-4+. The second-order valence-electron chi connectivity index (χ2n) is 3.87. The molecule has 2 N–H and O–H groups in total. The van der Waals surface area contributed by atoms with E-state index in [1.54, 1.807) is 18.2 Å². The van der Waals surface area contributed by atoms with Gasteiger partial charge >= 0.3 is 0 Å². The highest BCUT2D eigenvalue weighted by molar-refractivity contribution is 8.18. The second kappa shape index (κ2) is 5.87. The summed E-state index contributed by atoms with van der Waals surface area (Å²) in [5, 5.41) is 0.168. The van der Waals surface area contributed by atoms with Crippen molar-refractivity contribution in [3.63, 3.8) is 0 Å². The number of halogens is 2. The zero-order chi connectivity index (χ0) is 14.9. The van der Waals surface area contributed by atoms with Crippen molar-refractivity contribution in [2.24, 2.45) is 5.73 Å². The van der Waals surface area contributed by atoms with Crippen LogP contribution in [0, 0.1) is 0 Å². The van der Waals surface area contributed by atoms with Crippen LogP contribution in [0.5, 0.6) is 0 Å². The minimum Gasteiger partial charge on any atom is -0.368 e. The molecule has 1 aromatic rings. The second-order valence-corrected chi connectivity index (χ2v) is 5.68. The van der Waals surface area contributed by atoms with Crippen molar-refractivity contribution in [1.82, 2.24) is 4.90 Å². The van der Waals surface area contributed by atoms with Crippen LogP contribution in [-0.2, 0) is 9.59 Å². The fourth-order valence-corrected chi connectivity index (χ4v) is 2.90. The Kier molecular flexibility index (Phi) is 4.37. The summed E-state index contributed by atoms with van der Waals surface area (Å²) in [5.41, 5.74) is 5.43. The number of primary amides is 1. The summed E-state index contributed by atoms with van der Waals surface area (Å²) in [6, 6.07) is 4.90. The van der Waals surface area contributed by atoms with Crippen molar-refractivity contribution in [1.29, 1.82) is 0 Å². The molecular formula is C12H8Cl2N2O3S. The summed E-state index contributed by atoms with van der Waals surface area (Å²) in [6.45, 7) is -0.446. The minimum atomic E-state index is -0.760. The van der Waals surface area contributed by atoms with Crippen molar-refractivity contribution in [2.75, 3.05) is 6.54 Å². The molecule has 1 aromatic carbocycles. The maximum Gasteiger partial charge on any atom is 0.294 e. The Bertz CT molecular complexity index is 625. The molecule has 20 heavy (non-hydrogen) atoms. The first-order valence-corrected chi connectivity index (χ1v) is 6.95. The van der Waals surface area contributed by atoms with Gasteiger partial charge in [0.15, 0.2) is 0 Å². The third-order valence-corrected chi connectivity index (χ3v) is 4.03. The predicted octanol–water partition coefficient (Wildman–Crippen LogP) is 2.52. The third-order valence-electron chi connectivity index (χ3n) is 2.46. The van der Waals surface area contributed by atoms with E-state index in [0.29, 0.717) is 27.4 Å². The molecule has 0 bridgehead atoms. The van der Waals surface area contributed by atoms with Gasteiger partial charge in [-0.1, -0.05) is 29.3 Å². The van der Waals surface area contributed by atoms with Crippen LogP contribution in [0.3, 0.4) is 0 Å². The highest BCUT2D eigenvalue weighted by Crippen LogP contribution is 2.35. The number of thioether (sulfide) groups is 1. The number of amides is 3. The van der Waals surface area contributed by atoms with Gasteiger partial charge in [-0.2, -0.15) is 0 Å². The van der Waals surface area contributed by atoms with E-state index in [1.807, 2.05) is 0 Å². The topological polar surface area (TPSA) is 80.5 Å². The van der Waals surface area contributed by atoms with Crippen LogP contribution in [0.15, 0.2) is 23.1 Å². The molecule has 8 heteroatoms. The molecule has 1 aliphatic rings. The van der Waals surface area contributed by atoms with Gasteiger partial charge in [0.25, 0.3) is 11.1 Å². The van der Waals surface area contributed by atoms with Crippen LogP contribution in [0.2, 0.25) is 10.0 Å². The van der Waals surface area contributed by atoms with Crippen LogP contribution < -0.4 is 5.73 Å². The monoisotopic (exact) mass is 330 g/mol. The summed E-state index contributed by atoms with van der Waals surface area (Å²) in [7, 11) is 0. The van der Waals surface area contributed by atoms with Crippen molar-refractivity contribution in [3.8, 4) is 0 Å². The van der Waals surface area contributed by atoms with E-state index in [9.17, 15) is 14.4 Å². The lowest BCUT2D eigenvalue weighted by Gasteiger charge is -2.08. The maximum absolute atomic E-state index is 12.0. The number of hydrogen-bond acceptors (Lipinski definition) is 4. The molecule has 2 rings (SSSR count). The lowest BCUT2D eigenvalue weighted by atomic mass is 10.2. The van der Waals surface area contributed by atoms with Gasteiger partial charge in [-0.25, -0.2) is 0 Å². The molecule has 0 unspecified atom stereocenters. The molecule has 1 fully saturated rings. The molecule has 0 atom stereocenters. The predicted molar refractivity (Wildman–Crippen MR) is 78.3 cm³/mol. The SMILES string of the molecule is NC(=O)CN1C(=O)S/C(=C/c2c(Cl)cccc2Cl)C1=O. The molecule has 0 spiro atoms. The van der Waals surface area contributed by atoms with Gasteiger partial charge in [0, 0.05) is 15.6 Å². The van der Waals surface area contributed by atoms with Gasteiger partial charge in [-0.15, -0.1) is 0 Å². The van der Waals surface area contributed by atoms with Crippen molar-refractivity contribution < 1.29 is 14.4 Å². The Morgan fingerprint density at radius 2 is 1.90 bits per heavy atom. The molecule has 0 aliphatic carbocycles. The Morgan fingerprint density at radius 3 is 2.45 bits per heavy atom. The average Bonchev–Trinajstić information content (AvgIpc) is 2.61. The van der Waals surface area contributed by atoms with E-state index in [1.165, 1.54) is 6.08 Å². The molecule has 5 nitrogen and oxygen atoms in total. The first kappa shape index (κ1) is 14.9. The Labute approximate surface area is 128 Å². The van der Waals surface area contributed by atoms with Crippen LogP contribution in [-0.4, -0.2) is 28.5 Å². The zero-order valence-electron chi connectivity index (χ0n) is 9.93. The van der Waals surface area contributed by atoms with E-state index in [2.05, 4.69) is 0 Å². The fourth-order valence-electron chi connectivity index (χ4n) is 1.57. The van der Waals surface area contributed by atoms with Crippen molar-refractivity contribution >= 4 is 58.1 Å². The van der Waals surface area contributed by atoms with Crippen LogP contribution in [0.4, 0.5) is 4.79 Å². The number of carbonyl (C=O) groups is 3. The van der Waals surface area contributed by atoms with E-state index < -0.39 is 23.6 Å². The fraction of sp³-hybridized carbons (Fsp3) is 0.0833. The average molecular weight is 331 g/mol. The molecule has 1 heterocycles. The lowest BCUT2D eigenvalue weighted by molar-refractivity contribution is -0.127. The first-order chi connectivity index (χ1) is 9.40. The van der Waals surface area contributed by atoms with Gasteiger partial charge in [-0.3, -0.25) is 19.3 Å². The molecule has 1 saturated heterocycles. The Balaban J connectivity index is 2.35. The van der Waals surface area contributed by atoms with Crippen LogP contribution in [0.1, 0.15) is 5.56 Å². The lowest BCUT2D eigenvalue weighted by Crippen LogP contribution is -2.36. The van der Waals surface area contributed by atoms with Gasteiger partial charge in [0.05, 0.1) is 4.91 Å². The van der Waals surface area contributed by atoms with Gasteiger partial charge in [-0.05, 0) is 30.0 Å². The Hall–Kier alpha value is -1.50. The molecule has 0 radical (unpaired) electrons. The number of benzene rings is 1. The Morgan fingerprint density at radius 1 is 1.30 bits per heavy atom.